The second-order valence-electron chi connectivity index (χ2n) is 7.60. The third kappa shape index (κ3) is 2.52. The van der Waals surface area contributed by atoms with Gasteiger partial charge in [0, 0.05) is 30.2 Å². The van der Waals surface area contributed by atoms with Crippen molar-refractivity contribution in [2.24, 2.45) is 0 Å². The van der Waals surface area contributed by atoms with Crippen molar-refractivity contribution < 1.29 is 9.59 Å². The van der Waals surface area contributed by atoms with Gasteiger partial charge in [-0.1, -0.05) is 24.3 Å². The van der Waals surface area contributed by atoms with Crippen molar-refractivity contribution in [2.75, 3.05) is 11.9 Å². The lowest BCUT2D eigenvalue weighted by Gasteiger charge is -2.34. The number of nitrogens with zero attached hydrogens (tertiary/aromatic N) is 3. The molecule has 0 radical (unpaired) electrons. The topological polar surface area (TPSA) is 86.1 Å². The highest BCUT2D eigenvalue weighted by atomic mass is 16.2. The molecule has 1 fully saturated rings. The minimum absolute atomic E-state index is 0.0901. The van der Waals surface area contributed by atoms with Gasteiger partial charge in [-0.15, -0.1) is 0 Å². The number of fused-ring (bicyclic) bond motifs is 2. The molecule has 2 amide bonds. The standard InChI is InChI=1S/C24H18N4O2/c25-14-16-7-9-17(10-8-16)22(29)28-13-11-24(21(28)18-4-3-12-26-15-18)19-5-1-2-6-20(19)27-23(24)30/h1-10,12,15,21H,11,13H2,(H,27,30). The summed E-state index contributed by atoms with van der Waals surface area (Å²) < 4.78 is 0. The first kappa shape index (κ1) is 18.1. The summed E-state index contributed by atoms with van der Waals surface area (Å²) in [7, 11) is 0. The van der Waals surface area contributed by atoms with Crippen LogP contribution < -0.4 is 5.32 Å². The molecule has 1 spiro atoms. The van der Waals surface area contributed by atoms with Crippen LogP contribution in [0.2, 0.25) is 0 Å². The van der Waals surface area contributed by atoms with Crippen molar-refractivity contribution in [3.8, 4) is 6.07 Å². The highest BCUT2D eigenvalue weighted by molar-refractivity contribution is 6.08. The van der Waals surface area contributed by atoms with Crippen LogP contribution >= 0.6 is 0 Å². The summed E-state index contributed by atoms with van der Waals surface area (Å²) >= 11 is 0. The van der Waals surface area contributed by atoms with Crippen LogP contribution in [-0.4, -0.2) is 28.2 Å². The molecule has 2 unspecified atom stereocenters. The monoisotopic (exact) mass is 394 g/mol. The number of carbonyl (C=O) groups excluding carboxylic acids is 2. The van der Waals surface area contributed by atoms with E-state index in [0.717, 1.165) is 16.8 Å². The van der Waals surface area contributed by atoms with Gasteiger partial charge in [0.15, 0.2) is 0 Å². The molecule has 2 aliphatic rings. The molecule has 2 aromatic carbocycles. The Morgan fingerprint density at radius 2 is 1.93 bits per heavy atom. The van der Waals surface area contributed by atoms with Gasteiger partial charge in [0.05, 0.1) is 17.7 Å². The van der Waals surface area contributed by atoms with Crippen molar-refractivity contribution in [1.82, 2.24) is 9.88 Å². The molecule has 3 heterocycles. The summed E-state index contributed by atoms with van der Waals surface area (Å²) in [6.45, 7) is 0.445. The molecule has 1 saturated heterocycles. The average molecular weight is 394 g/mol. The fraction of sp³-hybridized carbons (Fsp3) is 0.167. The highest BCUT2D eigenvalue weighted by Gasteiger charge is 2.59. The van der Waals surface area contributed by atoms with Crippen molar-refractivity contribution >= 4 is 17.5 Å². The second-order valence-corrected chi connectivity index (χ2v) is 7.60. The number of nitriles is 1. The number of aromatic nitrogens is 1. The summed E-state index contributed by atoms with van der Waals surface area (Å²) in [6, 6.07) is 19.6. The summed E-state index contributed by atoms with van der Waals surface area (Å²) in [6.07, 6.45) is 3.93. The first-order valence-corrected chi connectivity index (χ1v) is 9.77. The van der Waals surface area contributed by atoms with Crippen LogP contribution in [0.25, 0.3) is 0 Å². The molecule has 5 rings (SSSR count). The third-order valence-corrected chi connectivity index (χ3v) is 6.11. The number of amides is 2. The molecule has 146 valence electrons. The fourth-order valence-electron chi connectivity index (χ4n) is 4.76. The number of likely N-dealkylation sites (tertiary alicyclic amines) is 1. The molecule has 1 aromatic heterocycles. The van der Waals surface area contributed by atoms with E-state index in [2.05, 4.69) is 16.4 Å². The number of nitrogens with one attached hydrogen (secondary N) is 1. The first-order chi connectivity index (χ1) is 14.6. The second kappa shape index (κ2) is 6.82. The zero-order valence-electron chi connectivity index (χ0n) is 16.1. The molecule has 0 bridgehead atoms. The molecule has 0 aliphatic carbocycles. The molecule has 6 nitrogen and oxygen atoms in total. The van der Waals surface area contributed by atoms with Crippen molar-refractivity contribution in [1.29, 1.82) is 5.26 Å². The van der Waals surface area contributed by atoms with Crippen LogP contribution in [0.1, 0.15) is 39.5 Å². The Kier molecular flexibility index (Phi) is 4.11. The number of hydrogen-bond donors (Lipinski definition) is 1. The van der Waals surface area contributed by atoms with Crippen LogP contribution in [0.4, 0.5) is 5.69 Å². The Hall–Kier alpha value is -3.98. The largest absolute Gasteiger partial charge is 0.330 e. The summed E-state index contributed by atoms with van der Waals surface area (Å²) in [4.78, 5) is 32.8. The summed E-state index contributed by atoms with van der Waals surface area (Å²) in [5.41, 5.74) is 2.66. The lowest BCUT2D eigenvalue weighted by atomic mass is 9.73. The van der Waals surface area contributed by atoms with E-state index in [1.807, 2.05) is 36.4 Å². The van der Waals surface area contributed by atoms with Gasteiger partial charge in [-0.25, -0.2) is 0 Å². The number of benzene rings is 2. The van der Waals surface area contributed by atoms with Gasteiger partial charge in [-0.2, -0.15) is 5.26 Å². The number of carbonyl (C=O) groups is 2. The van der Waals surface area contributed by atoms with Crippen LogP contribution in [0.3, 0.4) is 0 Å². The average Bonchev–Trinajstić information content (AvgIpc) is 3.33. The van der Waals surface area contributed by atoms with E-state index < -0.39 is 11.5 Å². The minimum Gasteiger partial charge on any atom is -0.330 e. The third-order valence-electron chi connectivity index (χ3n) is 6.11. The van der Waals surface area contributed by atoms with Gasteiger partial charge in [0.25, 0.3) is 5.91 Å². The molecular weight excluding hydrogens is 376 g/mol. The van der Waals surface area contributed by atoms with Crippen LogP contribution in [-0.2, 0) is 10.2 Å². The van der Waals surface area contributed by atoms with Crippen LogP contribution in [0.15, 0.2) is 73.1 Å². The number of hydrogen-bond acceptors (Lipinski definition) is 4. The Morgan fingerprint density at radius 1 is 1.13 bits per heavy atom. The van der Waals surface area contributed by atoms with Crippen molar-refractivity contribution in [3.63, 3.8) is 0 Å². The smallest absolute Gasteiger partial charge is 0.254 e. The predicted molar refractivity (Wildman–Crippen MR) is 111 cm³/mol. The number of para-hydroxylation sites is 1. The number of anilines is 1. The predicted octanol–water partition coefficient (Wildman–Crippen LogP) is 3.43. The van der Waals surface area contributed by atoms with Gasteiger partial charge in [0.1, 0.15) is 5.41 Å². The van der Waals surface area contributed by atoms with Gasteiger partial charge in [-0.05, 0) is 53.9 Å². The lowest BCUT2D eigenvalue weighted by Crippen LogP contribution is -2.42. The van der Waals surface area contributed by atoms with E-state index in [9.17, 15) is 9.59 Å². The molecule has 0 saturated carbocycles. The molecular formula is C24H18N4O2. The van der Waals surface area contributed by atoms with Gasteiger partial charge in [0.2, 0.25) is 5.91 Å². The van der Waals surface area contributed by atoms with Gasteiger partial charge in [-0.3, -0.25) is 14.6 Å². The van der Waals surface area contributed by atoms with Crippen LogP contribution in [0, 0.1) is 11.3 Å². The van der Waals surface area contributed by atoms with Crippen molar-refractivity contribution in [3.05, 3.63) is 95.3 Å². The molecule has 3 aromatic rings. The quantitative estimate of drug-likeness (QED) is 0.722. The number of pyridine rings is 1. The highest BCUT2D eigenvalue weighted by Crippen LogP contribution is 2.54. The SMILES string of the molecule is N#Cc1ccc(C(=O)N2CCC3(C(=O)Nc4ccccc43)C2c2cccnc2)cc1. The van der Waals surface area contributed by atoms with E-state index in [-0.39, 0.29) is 11.8 Å². The van der Waals surface area contributed by atoms with E-state index in [1.165, 1.54) is 0 Å². The van der Waals surface area contributed by atoms with Gasteiger partial charge >= 0.3 is 0 Å². The molecule has 30 heavy (non-hydrogen) atoms. The maximum atomic E-state index is 13.5. The summed E-state index contributed by atoms with van der Waals surface area (Å²) in [5, 5.41) is 12.0. The first-order valence-electron chi connectivity index (χ1n) is 9.77. The fourth-order valence-corrected chi connectivity index (χ4v) is 4.76. The van der Waals surface area contributed by atoms with E-state index >= 15 is 0 Å². The Bertz CT molecular complexity index is 1180. The van der Waals surface area contributed by atoms with Crippen molar-refractivity contribution in [2.45, 2.75) is 17.9 Å². The molecule has 1 N–H and O–H groups in total. The van der Waals surface area contributed by atoms with E-state index in [0.29, 0.717) is 24.1 Å². The van der Waals surface area contributed by atoms with Crippen LogP contribution in [0.5, 0.6) is 0 Å². The minimum atomic E-state index is -0.859. The summed E-state index contributed by atoms with van der Waals surface area (Å²) in [5.74, 6) is -0.255. The Morgan fingerprint density at radius 3 is 2.67 bits per heavy atom. The molecule has 2 atom stereocenters. The molecule has 2 aliphatic heterocycles. The number of rotatable bonds is 2. The zero-order chi connectivity index (χ0) is 20.7. The maximum Gasteiger partial charge on any atom is 0.254 e. The zero-order valence-corrected chi connectivity index (χ0v) is 16.1. The van der Waals surface area contributed by atoms with E-state index in [4.69, 9.17) is 5.26 Å². The van der Waals surface area contributed by atoms with E-state index in [1.54, 1.807) is 41.6 Å². The maximum absolute atomic E-state index is 13.5. The Labute approximate surface area is 173 Å². The molecule has 6 heteroatoms. The normalized spacial score (nSPS) is 21.9. The van der Waals surface area contributed by atoms with Gasteiger partial charge < -0.3 is 10.2 Å². The lowest BCUT2D eigenvalue weighted by molar-refractivity contribution is -0.121. The Balaban J connectivity index is 1.64.